The zero-order chi connectivity index (χ0) is 18.9. The van der Waals surface area contributed by atoms with Gasteiger partial charge in [0.2, 0.25) is 5.95 Å². The molecule has 1 fully saturated rings. The van der Waals surface area contributed by atoms with Gasteiger partial charge >= 0.3 is 0 Å². The second kappa shape index (κ2) is 7.14. The van der Waals surface area contributed by atoms with Gasteiger partial charge in [0.05, 0.1) is 31.0 Å². The van der Waals surface area contributed by atoms with E-state index in [2.05, 4.69) is 20.9 Å². The van der Waals surface area contributed by atoms with Crippen LogP contribution in [0.25, 0.3) is 0 Å². The van der Waals surface area contributed by atoms with E-state index < -0.39 is 0 Å². The molecule has 0 atom stereocenters. The third kappa shape index (κ3) is 3.34. The molecule has 1 aromatic carbocycles. The van der Waals surface area contributed by atoms with Crippen LogP contribution >= 0.6 is 0 Å². The second-order valence-corrected chi connectivity index (χ2v) is 7.11. The van der Waals surface area contributed by atoms with Crippen molar-refractivity contribution < 1.29 is 9.47 Å². The van der Waals surface area contributed by atoms with Crippen LogP contribution in [-0.4, -0.2) is 41.7 Å². The molecule has 4 rings (SSSR count). The summed E-state index contributed by atoms with van der Waals surface area (Å²) in [6, 6.07) is 7.75. The molecule has 0 amide bonds. The number of methoxy groups -OCH3 is 1. The minimum absolute atomic E-state index is 0.305. The van der Waals surface area contributed by atoms with E-state index in [-0.39, 0.29) is 5.60 Å². The molecule has 2 aliphatic rings. The van der Waals surface area contributed by atoms with Crippen LogP contribution in [0.15, 0.2) is 24.4 Å². The van der Waals surface area contributed by atoms with Crippen molar-refractivity contribution in [1.82, 2.24) is 14.9 Å². The van der Waals surface area contributed by atoms with E-state index in [0.717, 1.165) is 61.5 Å². The Morgan fingerprint density at radius 2 is 2.19 bits per heavy atom. The zero-order valence-electron chi connectivity index (χ0n) is 15.4. The van der Waals surface area contributed by atoms with Crippen molar-refractivity contribution in [2.75, 3.05) is 32.5 Å². The maximum absolute atomic E-state index is 9.17. The summed E-state index contributed by atoms with van der Waals surface area (Å²) in [6.07, 6.45) is 4.39. The van der Waals surface area contributed by atoms with Gasteiger partial charge in [-0.05, 0) is 43.0 Å². The van der Waals surface area contributed by atoms with Crippen molar-refractivity contribution in [1.29, 1.82) is 5.26 Å². The Hall–Kier alpha value is -2.69. The quantitative estimate of drug-likeness (QED) is 0.888. The van der Waals surface area contributed by atoms with E-state index in [1.54, 1.807) is 13.2 Å². The highest BCUT2D eigenvalue weighted by Gasteiger charge is 2.42. The Morgan fingerprint density at radius 3 is 2.93 bits per heavy atom. The Bertz CT molecular complexity index is 884. The third-order valence-corrected chi connectivity index (χ3v) is 5.53. The smallest absolute Gasteiger partial charge is 0.220 e. The lowest BCUT2D eigenvalue weighted by Gasteiger charge is -2.44. The Kier molecular flexibility index (Phi) is 4.68. The van der Waals surface area contributed by atoms with E-state index in [0.29, 0.717) is 18.1 Å². The minimum Gasteiger partial charge on any atom is -0.496 e. The molecule has 7 nitrogen and oxygen atoms in total. The average molecular weight is 365 g/mol. The van der Waals surface area contributed by atoms with Crippen molar-refractivity contribution in [2.24, 2.45) is 0 Å². The van der Waals surface area contributed by atoms with Crippen LogP contribution in [0.5, 0.6) is 5.75 Å². The highest BCUT2D eigenvalue weighted by atomic mass is 16.5. The average Bonchev–Trinajstić information content (AvgIpc) is 2.70. The lowest BCUT2D eigenvalue weighted by Crippen LogP contribution is -2.47. The molecule has 140 valence electrons. The van der Waals surface area contributed by atoms with Crippen molar-refractivity contribution in [3.8, 4) is 11.8 Å². The maximum Gasteiger partial charge on any atom is 0.220 e. The summed E-state index contributed by atoms with van der Waals surface area (Å²) < 4.78 is 11.7. The molecule has 1 spiro atoms. The summed E-state index contributed by atoms with van der Waals surface area (Å²) in [5.41, 5.74) is 9.26. The summed E-state index contributed by atoms with van der Waals surface area (Å²) in [6.45, 7) is 3.19. The molecule has 0 saturated carbocycles. The van der Waals surface area contributed by atoms with Gasteiger partial charge in [-0.3, -0.25) is 4.90 Å². The number of piperidine rings is 1. The third-order valence-electron chi connectivity index (χ3n) is 5.53. The summed E-state index contributed by atoms with van der Waals surface area (Å²) in [4.78, 5) is 11.0. The van der Waals surface area contributed by atoms with Crippen LogP contribution in [0.2, 0.25) is 0 Å². The molecule has 2 aliphatic heterocycles. The van der Waals surface area contributed by atoms with Crippen molar-refractivity contribution >= 4 is 5.95 Å². The number of nitrogen functional groups attached to an aromatic ring is 1. The number of aromatic nitrogens is 2. The number of anilines is 1. The molecule has 0 unspecified atom stereocenters. The van der Waals surface area contributed by atoms with Gasteiger partial charge in [0.15, 0.2) is 0 Å². The molecule has 2 N–H and O–H groups in total. The molecule has 27 heavy (non-hydrogen) atoms. The molecule has 3 heterocycles. The predicted molar refractivity (Wildman–Crippen MR) is 100.0 cm³/mol. The highest BCUT2D eigenvalue weighted by molar-refractivity contribution is 5.42. The van der Waals surface area contributed by atoms with Crippen molar-refractivity contribution in [2.45, 2.75) is 31.4 Å². The Labute approximate surface area is 158 Å². The first-order valence-electron chi connectivity index (χ1n) is 9.19. The molecule has 2 aromatic rings. The van der Waals surface area contributed by atoms with Gasteiger partial charge in [-0.15, -0.1) is 0 Å². The van der Waals surface area contributed by atoms with E-state index >= 15 is 0 Å². The number of nitrogens with zero attached hydrogens (tertiary/aromatic N) is 4. The number of ether oxygens (including phenoxy) is 2. The minimum atomic E-state index is -0.361. The van der Waals surface area contributed by atoms with Gasteiger partial charge in [0.1, 0.15) is 11.4 Å². The summed E-state index contributed by atoms with van der Waals surface area (Å²) in [7, 11) is 1.66. The number of fused-ring (bicyclic) bond motifs is 2. The number of hydrogen-bond donors (Lipinski definition) is 1. The number of rotatable bonds is 3. The molecule has 0 radical (unpaired) electrons. The van der Waals surface area contributed by atoms with E-state index in [1.165, 1.54) is 0 Å². The molecular formula is C20H23N5O2. The molecule has 1 saturated heterocycles. The first-order chi connectivity index (χ1) is 13.1. The normalized spacial score (nSPS) is 18.7. The fraction of sp³-hybridized carbons (Fsp3) is 0.450. The van der Waals surface area contributed by atoms with Crippen LogP contribution in [-0.2, 0) is 23.3 Å². The molecule has 1 aromatic heterocycles. The van der Waals surface area contributed by atoms with Gasteiger partial charge in [0.25, 0.3) is 0 Å². The fourth-order valence-electron chi connectivity index (χ4n) is 4.09. The van der Waals surface area contributed by atoms with Crippen LogP contribution in [0.1, 0.15) is 35.2 Å². The monoisotopic (exact) mass is 365 g/mol. The Balaban J connectivity index is 1.51. The summed E-state index contributed by atoms with van der Waals surface area (Å²) in [5.74, 6) is 1.12. The largest absolute Gasteiger partial charge is 0.496 e. The van der Waals surface area contributed by atoms with E-state index in [9.17, 15) is 0 Å². The lowest BCUT2D eigenvalue weighted by molar-refractivity contribution is -0.102. The summed E-state index contributed by atoms with van der Waals surface area (Å²) in [5, 5.41) is 9.17. The first kappa shape index (κ1) is 17.7. The number of nitrogens with two attached hydrogens (primary N) is 1. The van der Waals surface area contributed by atoms with Gasteiger partial charge in [-0.1, -0.05) is 0 Å². The number of likely N-dealkylation sites (tertiary alicyclic amines) is 1. The van der Waals surface area contributed by atoms with Crippen molar-refractivity contribution in [3.63, 3.8) is 0 Å². The fourth-order valence-corrected chi connectivity index (χ4v) is 4.09. The van der Waals surface area contributed by atoms with Crippen LogP contribution in [0, 0.1) is 11.3 Å². The predicted octanol–water partition coefficient (Wildman–Crippen LogP) is 2.00. The molecule has 7 heteroatoms. The van der Waals surface area contributed by atoms with Gasteiger partial charge in [0, 0.05) is 31.4 Å². The molecular weight excluding hydrogens is 342 g/mol. The van der Waals surface area contributed by atoms with Gasteiger partial charge < -0.3 is 15.2 Å². The van der Waals surface area contributed by atoms with Crippen LogP contribution < -0.4 is 10.5 Å². The van der Waals surface area contributed by atoms with Crippen molar-refractivity contribution in [3.05, 3.63) is 46.8 Å². The second-order valence-electron chi connectivity index (χ2n) is 7.11. The number of nitriles is 1. The topological polar surface area (TPSA) is 97.3 Å². The molecule has 0 aliphatic carbocycles. The standard InChI is InChI=1S/C20H23N5O2/c1-26-17-3-2-14(11-21)10-16(17)13-25-7-5-20(6-8-25)18-15(4-9-27-20)12-23-19(22)24-18/h2-3,10,12H,4-9,13H2,1H3,(H2,22,23,24). The Morgan fingerprint density at radius 1 is 1.37 bits per heavy atom. The summed E-state index contributed by atoms with van der Waals surface area (Å²) >= 11 is 0. The number of benzene rings is 1. The van der Waals surface area contributed by atoms with E-state index in [1.807, 2.05) is 18.3 Å². The zero-order valence-corrected chi connectivity index (χ0v) is 15.4. The molecule has 0 bridgehead atoms. The van der Waals surface area contributed by atoms with Gasteiger partial charge in [-0.2, -0.15) is 5.26 Å². The van der Waals surface area contributed by atoms with Crippen LogP contribution in [0.3, 0.4) is 0 Å². The maximum atomic E-state index is 9.17. The van der Waals surface area contributed by atoms with E-state index in [4.69, 9.17) is 20.5 Å². The first-order valence-corrected chi connectivity index (χ1v) is 9.19. The highest BCUT2D eigenvalue weighted by Crippen LogP contribution is 2.40. The van der Waals surface area contributed by atoms with Crippen LogP contribution in [0.4, 0.5) is 5.95 Å². The number of hydrogen-bond acceptors (Lipinski definition) is 7. The lowest BCUT2D eigenvalue weighted by atomic mass is 9.83. The SMILES string of the molecule is COc1ccc(C#N)cc1CN1CCC2(CC1)OCCc1cnc(N)nc12. The van der Waals surface area contributed by atoms with Gasteiger partial charge in [-0.25, -0.2) is 9.97 Å².